The van der Waals surface area contributed by atoms with Crippen molar-refractivity contribution in [2.75, 3.05) is 4.72 Å². The number of hydrogen-bond donors (Lipinski definition) is 3. The van der Waals surface area contributed by atoms with Crippen molar-refractivity contribution in [1.82, 2.24) is 5.16 Å². The van der Waals surface area contributed by atoms with Gasteiger partial charge in [0.15, 0.2) is 0 Å². The minimum atomic E-state index is -4.00. The molecule has 1 aromatic carbocycles. The molecular formula is C11H13BN2O5S. The van der Waals surface area contributed by atoms with Crippen molar-refractivity contribution in [3.63, 3.8) is 0 Å². The van der Waals surface area contributed by atoms with Crippen molar-refractivity contribution in [3.05, 3.63) is 35.5 Å². The van der Waals surface area contributed by atoms with Gasteiger partial charge < -0.3 is 14.6 Å². The molecule has 0 radical (unpaired) electrons. The smallest absolute Gasteiger partial charge is 0.423 e. The van der Waals surface area contributed by atoms with E-state index in [1.165, 1.54) is 24.3 Å². The lowest BCUT2D eigenvalue weighted by Crippen LogP contribution is -2.35. The van der Waals surface area contributed by atoms with Crippen LogP contribution in [-0.2, 0) is 10.0 Å². The van der Waals surface area contributed by atoms with Gasteiger partial charge in [-0.05, 0) is 19.9 Å². The van der Waals surface area contributed by atoms with E-state index >= 15 is 0 Å². The van der Waals surface area contributed by atoms with Crippen molar-refractivity contribution in [3.8, 4) is 0 Å². The van der Waals surface area contributed by atoms with Gasteiger partial charge in [-0.15, -0.1) is 0 Å². The zero-order valence-corrected chi connectivity index (χ0v) is 11.7. The molecule has 1 heterocycles. The lowest BCUT2D eigenvalue weighted by atomic mass is 9.80. The normalized spacial score (nSPS) is 11.4. The first-order valence-electron chi connectivity index (χ1n) is 5.73. The van der Waals surface area contributed by atoms with E-state index in [0.29, 0.717) is 11.3 Å². The summed E-state index contributed by atoms with van der Waals surface area (Å²) in [6, 6.07) is 5.59. The van der Waals surface area contributed by atoms with Crippen LogP contribution in [0.5, 0.6) is 0 Å². The van der Waals surface area contributed by atoms with E-state index in [4.69, 9.17) is 4.52 Å². The molecule has 3 N–H and O–H groups in total. The molecule has 0 atom stereocenters. The Morgan fingerprint density at radius 1 is 1.25 bits per heavy atom. The molecule has 0 bridgehead atoms. The molecule has 0 saturated heterocycles. The van der Waals surface area contributed by atoms with Crippen LogP contribution >= 0.6 is 0 Å². The van der Waals surface area contributed by atoms with Gasteiger partial charge in [0, 0.05) is 11.0 Å². The third-order valence-corrected chi connectivity index (χ3v) is 4.28. The minimum absolute atomic E-state index is 0.00438. The fourth-order valence-electron chi connectivity index (χ4n) is 1.63. The van der Waals surface area contributed by atoms with E-state index in [9.17, 15) is 18.5 Å². The maximum atomic E-state index is 12.3. The van der Waals surface area contributed by atoms with Crippen molar-refractivity contribution in [2.24, 2.45) is 0 Å². The van der Waals surface area contributed by atoms with Crippen LogP contribution in [0.15, 0.2) is 33.7 Å². The molecule has 9 heteroatoms. The Morgan fingerprint density at radius 2 is 1.90 bits per heavy atom. The summed E-state index contributed by atoms with van der Waals surface area (Å²) in [4.78, 5) is -0.233. The number of hydrogen-bond acceptors (Lipinski definition) is 6. The number of benzene rings is 1. The molecule has 0 saturated carbocycles. The van der Waals surface area contributed by atoms with Crippen LogP contribution in [0, 0.1) is 13.8 Å². The summed E-state index contributed by atoms with van der Waals surface area (Å²) in [7, 11) is -5.89. The van der Waals surface area contributed by atoms with E-state index in [-0.39, 0.29) is 16.2 Å². The Labute approximate surface area is 116 Å². The molecule has 2 rings (SSSR count). The quantitative estimate of drug-likeness (QED) is 0.672. The number of sulfonamides is 1. The molecule has 0 aliphatic carbocycles. The third kappa shape index (κ3) is 2.69. The van der Waals surface area contributed by atoms with Gasteiger partial charge >= 0.3 is 7.12 Å². The first-order valence-corrected chi connectivity index (χ1v) is 7.22. The molecule has 106 valence electrons. The van der Waals surface area contributed by atoms with Crippen molar-refractivity contribution in [1.29, 1.82) is 0 Å². The van der Waals surface area contributed by atoms with E-state index < -0.39 is 17.1 Å². The summed E-state index contributed by atoms with van der Waals surface area (Å²) in [6.45, 7) is 3.35. The second-order valence-electron chi connectivity index (χ2n) is 4.24. The number of aryl methyl sites for hydroxylation is 1. The molecule has 0 aliphatic rings. The van der Waals surface area contributed by atoms with Gasteiger partial charge in [0.2, 0.25) is 5.88 Å². The molecule has 0 spiro atoms. The van der Waals surface area contributed by atoms with Crippen LogP contribution in [0.1, 0.15) is 11.3 Å². The molecule has 20 heavy (non-hydrogen) atoms. The highest BCUT2D eigenvalue weighted by Gasteiger charge is 2.26. The van der Waals surface area contributed by atoms with Gasteiger partial charge in [0.05, 0.1) is 10.6 Å². The first kappa shape index (κ1) is 14.6. The highest BCUT2D eigenvalue weighted by molar-refractivity contribution is 7.93. The predicted octanol–water partition coefficient (Wildman–Crippen LogP) is -0.228. The van der Waals surface area contributed by atoms with Gasteiger partial charge in [-0.1, -0.05) is 23.4 Å². The maximum Gasteiger partial charge on any atom is 0.489 e. The second-order valence-corrected chi connectivity index (χ2v) is 5.89. The van der Waals surface area contributed by atoms with E-state index in [1.54, 1.807) is 13.8 Å². The zero-order chi connectivity index (χ0) is 14.9. The molecule has 1 aromatic heterocycles. The summed E-state index contributed by atoms with van der Waals surface area (Å²) in [5.41, 5.74) is 1.02. The maximum absolute atomic E-state index is 12.3. The monoisotopic (exact) mass is 296 g/mol. The van der Waals surface area contributed by atoms with Crippen molar-refractivity contribution in [2.45, 2.75) is 18.7 Å². The Morgan fingerprint density at radius 3 is 2.45 bits per heavy atom. The zero-order valence-electron chi connectivity index (χ0n) is 10.9. The van der Waals surface area contributed by atoms with Crippen molar-refractivity contribution >= 4 is 28.5 Å². The molecule has 2 aromatic rings. The fraction of sp³-hybridized carbons (Fsp3) is 0.182. The van der Waals surface area contributed by atoms with Crippen LogP contribution < -0.4 is 10.2 Å². The van der Waals surface area contributed by atoms with Gasteiger partial charge in [-0.25, -0.2) is 13.1 Å². The molecule has 0 aliphatic heterocycles. The van der Waals surface area contributed by atoms with Crippen molar-refractivity contribution < 1.29 is 23.0 Å². The summed E-state index contributed by atoms with van der Waals surface area (Å²) >= 11 is 0. The van der Waals surface area contributed by atoms with Crippen LogP contribution in [-0.4, -0.2) is 30.7 Å². The number of nitrogens with one attached hydrogen (secondary N) is 1. The molecule has 0 unspecified atom stereocenters. The van der Waals surface area contributed by atoms with E-state index in [2.05, 4.69) is 9.88 Å². The number of anilines is 1. The van der Waals surface area contributed by atoms with Crippen LogP contribution in [0.3, 0.4) is 0 Å². The standard InChI is InChI=1S/C11H13BN2O5S/c1-7-8(2)13-19-11(7)14-20(17,18)10-6-4-3-5-9(10)12(15)16/h3-6,14-16H,1-2H3. The Kier molecular flexibility index (Phi) is 3.84. The van der Waals surface area contributed by atoms with Crippen LogP contribution in [0.2, 0.25) is 0 Å². The lowest BCUT2D eigenvalue weighted by molar-refractivity contribution is 0.424. The second kappa shape index (κ2) is 5.27. The minimum Gasteiger partial charge on any atom is -0.423 e. The Hall–Kier alpha value is -1.84. The molecular weight excluding hydrogens is 283 g/mol. The van der Waals surface area contributed by atoms with Gasteiger partial charge in [0.25, 0.3) is 10.0 Å². The predicted molar refractivity (Wildman–Crippen MR) is 73.1 cm³/mol. The van der Waals surface area contributed by atoms with Gasteiger partial charge in [0.1, 0.15) is 0 Å². The van der Waals surface area contributed by atoms with Gasteiger partial charge in [-0.3, -0.25) is 0 Å². The summed E-state index contributed by atoms with van der Waals surface area (Å²) in [5, 5.41) is 22.1. The number of aromatic nitrogens is 1. The SMILES string of the molecule is Cc1noc(NS(=O)(=O)c2ccccc2B(O)O)c1C. The molecule has 0 amide bonds. The fourth-order valence-corrected chi connectivity index (χ4v) is 2.91. The van der Waals surface area contributed by atoms with E-state index in [0.717, 1.165) is 0 Å². The topological polar surface area (TPSA) is 113 Å². The summed E-state index contributed by atoms with van der Waals surface area (Å²) in [5.74, 6) is 0.00438. The van der Waals surface area contributed by atoms with E-state index in [1.807, 2.05) is 0 Å². The Bertz CT molecular complexity index is 726. The van der Waals surface area contributed by atoms with Crippen LogP contribution in [0.4, 0.5) is 5.88 Å². The average molecular weight is 296 g/mol. The molecule has 7 nitrogen and oxygen atoms in total. The third-order valence-electron chi connectivity index (χ3n) is 2.87. The summed E-state index contributed by atoms with van der Waals surface area (Å²) in [6.07, 6.45) is 0. The Balaban J connectivity index is 2.44. The highest BCUT2D eigenvalue weighted by atomic mass is 32.2. The number of nitrogens with zero attached hydrogens (tertiary/aromatic N) is 1. The largest absolute Gasteiger partial charge is 0.489 e. The molecule has 0 fully saturated rings. The lowest BCUT2D eigenvalue weighted by Gasteiger charge is -2.10. The average Bonchev–Trinajstić information content (AvgIpc) is 2.70. The number of rotatable bonds is 4. The van der Waals surface area contributed by atoms with Crippen LogP contribution in [0.25, 0.3) is 0 Å². The summed E-state index contributed by atoms with van der Waals surface area (Å²) < 4.78 is 31.7. The highest BCUT2D eigenvalue weighted by Crippen LogP contribution is 2.21. The van der Waals surface area contributed by atoms with Gasteiger partial charge in [-0.2, -0.15) is 0 Å². The first-order chi connectivity index (χ1) is 9.33.